The molecule has 1 aromatic heterocycles. The summed E-state index contributed by atoms with van der Waals surface area (Å²) in [6.07, 6.45) is 1.32. The lowest BCUT2D eigenvalue weighted by Crippen LogP contribution is -2.33. The summed E-state index contributed by atoms with van der Waals surface area (Å²) in [7, 11) is 0. The van der Waals surface area contributed by atoms with Gasteiger partial charge < -0.3 is 16.2 Å². The predicted octanol–water partition coefficient (Wildman–Crippen LogP) is 2.49. The first kappa shape index (κ1) is 18.5. The quantitative estimate of drug-likeness (QED) is 0.774. The normalized spacial score (nSPS) is 20.5. The lowest BCUT2D eigenvalue weighted by atomic mass is 9.87. The number of nitrogens with two attached hydrogens (primary N) is 1. The molecule has 1 saturated heterocycles. The molecule has 0 spiro atoms. The van der Waals surface area contributed by atoms with Gasteiger partial charge in [0.15, 0.2) is 0 Å². The lowest BCUT2D eigenvalue weighted by Gasteiger charge is -2.29. The molecule has 2 heterocycles. The predicted molar refractivity (Wildman–Crippen MR) is 103 cm³/mol. The van der Waals surface area contributed by atoms with E-state index in [0.29, 0.717) is 18.3 Å². The summed E-state index contributed by atoms with van der Waals surface area (Å²) in [5.41, 5.74) is 8.02. The lowest BCUT2D eigenvalue weighted by molar-refractivity contribution is 0.121. The molecule has 1 fully saturated rings. The number of anilines is 3. The van der Waals surface area contributed by atoms with Gasteiger partial charge in [0.1, 0.15) is 5.82 Å². The fourth-order valence-electron chi connectivity index (χ4n) is 3.57. The SMILES string of the molecule is Cc1cccc(Nc2nc(N)nc(CN3CC[C@@H](O)CC(C)(C)C3)n2)c1. The van der Waals surface area contributed by atoms with Crippen molar-refractivity contribution in [2.24, 2.45) is 5.41 Å². The molecule has 2 aromatic rings. The van der Waals surface area contributed by atoms with Crippen molar-refractivity contribution in [1.29, 1.82) is 0 Å². The van der Waals surface area contributed by atoms with Crippen molar-refractivity contribution in [2.45, 2.75) is 46.3 Å². The molecule has 0 aliphatic carbocycles. The van der Waals surface area contributed by atoms with Gasteiger partial charge in [0, 0.05) is 18.8 Å². The molecule has 140 valence electrons. The van der Waals surface area contributed by atoms with Gasteiger partial charge in [-0.1, -0.05) is 26.0 Å². The number of benzene rings is 1. The van der Waals surface area contributed by atoms with E-state index in [2.05, 4.69) is 39.0 Å². The highest BCUT2D eigenvalue weighted by Crippen LogP contribution is 2.29. The molecule has 3 rings (SSSR count). The fraction of sp³-hybridized carbons (Fsp3) is 0.526. The van der Waals surface area contributed by atoms with Crippen molar-refractivity contribution in [2.75, 3.05) is 24.1 Å². The minimum atomic E-state index is -0.253. The third-order valence-electron chi connectivity index (χ3n) is 4.56. The van der Waals surface area contributed by atoms with Crippen molar-refractivity contribution in [3.8, 4) is 0 Å². The second-order valence-electron chi connectivity index (χ2n) is 7.95. The highest BCUT2D eigenvalue weighted by atomic mass is 16.3. The maximum atomic E-state index is 10.1. The number of hydrogen-bond donors (Lipinski definition) is 3. The summed E-state index contributed by atoms with van der Waals surface area (Å²) >= 11 is 0. The van der Waals surface area contributed by atoms with Crippen LogP contribution in [0.4, 0.5) is 17.6 Å². The van der Waals surface area contributed by atoms with Gasteiger partial charge in [0.25, 0.3) is 0 Å². The molecule has 0 unspecified atom stereocenters. The second-order valence-corrected chi connectivity index (χ2v) is 7.95. The van der Waals surface area contributed by atoms with E-state index in [1.54, 1.807) is 0 Å². The Morgan fingerprint density at radius 2 is 2.12 bits per heavy atom. The third kappa shape index (κ3) is 5.12. The van der Waals surface area contributed by atoms with Gasteiger partial charge in [-0.15, -0.1) is 0 Å². The number of rotatable bonds is 4. The highest BCUT2D eigenvalue weighted by Gasteiger charge is 2.29. The molecule has 1 atom stereocenters. The summed E-state index contributed by atoms with van der Waals surface area (Å²) in [6, 6.07) is 8.01. The molecular formula is C19H28N6O. The van der Waals surface area contributed by atoms with E-state index >= 15 is 0 Å². The Hall–Kier alpha value is -2.25. The number of hydrogen-bond acceptors (Lipinski definition) is 7. The first-order valence-corrected chi connectivity index (χ1v) is 9.04. The molecule has 7 heteroatoms. The van der Waals surface area contributed by atoms with E-state index < -0.39 is 0 Å². The number of aryl methyl sites for hydroxylation is 1. The number of nitrogen functional groups attached to an aromatic ring is 1. The smallest absolute Gasteiger partial charge is 0.232 e. The van der Waals surface area contributed by atoms with Crippen molar-refractivity contribution in [3.63, 3.8) is 0 Å². The minimum absolute atomic E-state index is 0.0527. The van der Waals surface area contributed by atoms with Crippen LogP contribution in [0, 0.1) is 12.3 Å². The number of aliphatic hydroxyl groups excluding tert-OH is 1. The zero-order valence-electron chi connectivity index (χ0n) is 15.7. The highest BCUT2D eigenvalue weighted by molar-refractivity contribution is 5.54. The molecule has 1 aromatic carbocycles. The zero-order chi connectivity index (χ0) is 18.7. The molecule has 0 bridgehead atoms. The summed E-state index contributed by atoms with van der Waals surface area (Å²) in [5.74, 6) is 1.30. The van der Waals surface area contributed by atoms with Crippen LogP contribution in [0.3, 0.4) is 0 Å². The number of nitrogens with one attached hydrogen (secondary N) is 1. The van der Waals surface area contributed by atoms with E-state index in [1.807, 2.05) is 31.2 Å². The third-order valence-corrected chi connectivity index (χ3v) is 4.56. The van der Waals surface area contributed by atoms with Crippen LogP contribution in [0.1, 0.15) is 38.1 Å². The Bertz CT molecular complexity index is 763. The molecular weight excluding hydrogens is 328 g/mol. The van der Waals surface area contributed by atoms with Crippen LogP contribution in [0.5, 0.6) is 0 Å². The average Bonchev–Trinajstić information content (AvgIpc) is 2.63. The summed E-state index contributed by atoms with van der Waals surface area (Å²) < 4.78 is 0. The second kappa shape index (κ2) is 7.55. The topological polar surface area (TPSA) is 100 Å². The number of nitrogens with zero attached hydrogens (tertiary/aromatic N) is 4. The van der Waals surface area contributed by atoms with E-state index in [0.717, 1.165) is 37.2 Å². The number of aliphatic hydroxyl groups is 1. The largest absolute Gasteiger partial charge is 0.393 e. The van der Waals surface area contributed by atoms with Crippen LogP contribution in [0.25, 0.3) is 0 Å². The Morgan fingerprint density at radius 1 is 1.31 bits per heavy atom. The van der Waals surface area contributed by atoms with Gasteiger partial charge in [-0.3, -0.25) is 4.90 Å². The van der Waals surface area contributed by atoms with Gasteiger partial charge in [0.05, 0.1) is 12.6 Å². The molecule has 1 aliphatic heterocycles. The number of aromatic nitrogens is 3. The van der Waals surface area contributed by atoms with E-state index in [1.165, 1.54) is 0 Å². The zero-order valence-corrected chi connectivity index (χ0v) is 15.7. The Balaban J connectivity index is 1.75. The van der Waals surface area contributed by atoms with Crippen LogP contribution in [0.15, 0.2) is 24.3 Å². The van der Waals surface area contributed by atoms with Crippen LogP contribution in [0.2, 0.25) is 0 Å². The maximum Gasteiger partial charge on any atom is 0.232 e. The van der Waals surface area contributed by atoms with Gasteiger partial charge in [0.2, 0.25) is 11.9 Å². The first-order valence-electron chi connectivity index (χ1n) is 9.04. The maximum absolute atomic E-state index is 10.1. The van der Waals surface area contributed by atoms with Crippen LogP contribution >= 0.6 is 0 Å². The monoisotopic (exact) mass is 356 g/mol. The molecule has 26 heavy (non-hydrogen) atoms. The molecule has 0 amide bonds. The van der Waals surface area contributed by atoms with Gasteiger partial charge in [-0.25, -0.2) is 0 Å². The Morgan fingerprint density at radius 3 is 2.88 bits per heavy atom. The molecule has 0 radical (unpaired) electrons. The molecule has 0 saturated carbocycles. The standard InChI is InChI=1S/C19H28N6O/c1-13-5-4-6-14(9-13)21-18-23-16(22-17(20)24-18)11-25-8-7-15(26)10-19(2,3)12-25/h4-6,9,15,26H,7-8,10-12H2,1-3H3,(H3,20,21,22,23,24)/t15-/m1/s1. The number of likely N-dealkylation sites (tertiary alicyclic amines) is 1. The Kier molecular flexibility index (Phi) is 5.38. The van der Waals surface area contributed by atoms with Gasteiger partial charge >= 0.3 is 0 Å². The summed E-state index contributed by atoms with van der Waals surface area (Å²) in [4.78, 5) is 15.3. The van der Waals surface area contributed by atoms with E-state index in [9.17, 15) is 5.11 Å². The van der Waals surface area contributed by atoms with Crippen molar-refractivity contribution >= 4 is 17.6 Å². The molecule has 4 N–H and O–H groups in total. The fourth-order valence-corrected chi connectivity index (χ4v) is 3.57. The molecule has 1 aliphatic rings. The summed E-state index contributed by atoms with van der Waals surface area (Å²) in [6.45, 7) is 8.69. The molecule has 7 nitrogen and oxygen atoms in total. The van der Waals surface area contributed by atoms with Crippen LogP contribution < -0.4 is 11.1 Å². The Labute approximate surface area is 154 Å². The van der Waals surface area contributed by atoms with E-state index in [-0.39, 0.29) is 17.5 Å². The van der Waals surface area contributed by atoms with Gasteiger partial charge in [-0.05, 0) is 42.9 Å². The van der Waals surface area contributed by atoms with Crippen molar-refractivity contribution < 1.29 is 5.11 Å². The van der Waals surface area contributed by atoms with E-state index in [4.69, 9.17) is 5.73 Å². The van der Waals surface area contributed by atoms with Crippen LogP contribution in [-0.4, -0.2) is 44.2 Å². The average molecular weight is 356 g/mol. The first-order chi connectivity index (χ1) is 12.3. The minimum Gasteiger partial charge on any atom is -0.393 e. The van der Waals surface area contributed by atoms with Crippen LogP contribution in [-0.2, 0) is 6.54 Å². The van der Waals surface area contributed by atoms with Crippen molar-refractivity contribution in [1.82, 2.24) is 19.9 Å². The van der Waals surface area contributed by atoms with Crippen molar-refractivity contribution in [3.05, 3.63) is 35.7 Å². The van der Waals surface area contributed by atoms with Gasteiger partial charge in [-0.2, -0.15) is 15.0 Å². The summed E-state index contributed by atoms with van der Waals surface area (Å²) in [5, 5.41) is 13.3.